The molecule has 0 spiro atoms. The van der Waals surface area contributed by atoms with E-state index in [1.54, 1.807) is 16.9 Å². The van der Waals surface area contributed by atoms with Crippen molar-refractivity contribution < 1.29 is 8.78 Å². The van der Waals surface area contributed by atoms with Gasteiger partial charge in [-0.15, -0.1) is 5.10 Å². The van der Waals surface area contributed by atoms with Gasteiger partial charge < -0.3 is 15.1 Å². The first-order valence-corrected chi connectivity index (χ1v) is 10.6. The molecule has 9 nitrogen and oxygen atoms in total. The smallest absolute Gasteiger partial charge is 0.227 e. The van der Waals surface area contributed by atoms with Crippen molar-refractivity contribution >= 4 is 17.5 Å². The molecule has 0 unspecified atom stereocenters. The first-order chi connectivity index (χ1) is 16.2. The monoisotopic (exact) mass is 447 g/mol. The second-order valence-electron chi connectivity index (χ2n) is 7.88. The highest BCUT2D eigenvalue weighted by Crippen LogP contribution is 2.41. The summed E-state index contributed by atoms with van der Waals surface area (Å²) in [5, 5.41) is 15.6. The molecule has 2 aliphatic heterocycles. The highest BCUT2D eigenvalue weighted by atomic mass is 19.2. The summed E-state index contributed by atoms with van der Waals surface area (Å²) in [5.41, 5.74) is 2.79. The van der Waals surface area contributed by atoms with Gasteiger partial charge in [0, 0.05) is 38.9 Å². The van der Waals surface area contributed by atoms with Crippen LogP contribution in [-0.4, -0.2) is 56.4 Å². The zero-order valence-electron chi connectivity index (χ0n) is 17.5. The van der Waals surface area contributed by atoms with E-state index in [1.807, 2.05) is 29.2 Å². The number of aromatic nitrogens is 6. The lowest BCUT2D eigenvalue weighted by atomic mass is 10.1. The third-order valence-electron chi connectivity index (χ3n) is 5.85. The van der Waals surface area contributed by atoms with E-state index in [4.69, 9.17) is 4.98 Å². The molecule has 4 heterocycles. The second kappa shape index (κ2) is 7.85. The Hall–Kier alpha value is -3.99. The molecule has 0 amide bonds. The van der Waals surface area contributed by atoms with Crippen LogP contribution in [0, 0.1) is 11.6 Å². The van der Waals surface area contributed by atoms with Gasteiger partial charge in [-0.3, -0.25) is 0 Å². The average Bonchev–Trinajstić information content (AvgIpc) is 3.31. The predicted molar refractivity (Wildman–Crippen MR) is 117 cm³/mol. The van der Waals surface area contributed by atoms with Gasteiger partial charge >= 0.3 is 0 Å². The number of piperazine rings is 1. The molecule has 166 valence electrons. The summed E-state index contributed by atoms with van der Waals surface area (Å²) in [5.74, 6) is -0.0572. The van der Waals surface area contributed by atoms with Crippen molar-refractivity contribution in [1.29, 1.82) is 0 Å². The molecule has 0 saturated carbocycles. The van der Waals surface area contributed by atoms with Crippen molar-refractivity contribution in [2.24, 2.45) is 0 Å². The van der Waals surface area contributed by atoms with Crippen LogP contribution in [0.15, 0.2) is 48.7 Å². The molecular weight excluding hydrogens is 428 g/mol. The molecule has 2 aliphatic rings. The van der Waals surface area contributed by atoms with Gasteiger partial charge in [-0.25, -0.2) is 13.8 Å². The number of nitrogens with one attached hydrogen (secondary N) is 1. The van der Waals surface area contributed by atoms with Crippen molar-refractivity contribution in [3.8, 4) is 17.1 Å². The molecule has 0 aliphatic carbocycles. The van der Waals surface area contributed by atoms with Crippen LogP contribution < -0.4 is 15.1 Å². The largest absolute Gasteiger partial charge is 0.338 e. The van der Waals surface area contributed by atoms with Gasteiger partial charge in [-0.05, 0) is 40.3 Å². The quantitative estimate of drug-likeness (QED) is 0.513. The van der Waals surface area contributed by atoms with Crippen molar-refractivity contribution in [2.75, 3.05) is 36.0 Å². The molecule has 1 fully saturated rings. The van der Waals surface area contributed by atoms with E-state index in [0.29, 0.717) is 28.7 Å². The van der Waals surface area contributed by atoms with E-state index < -0.39 is 11.6 Å². The van der Waals surface area contributed by atoms with Gasteiger partial charge in [0.15, 0.2) is 17.5 Å². The highest BCUT2D eigenvalue weighted by molar-refractivity contribution is 5.83. The molecule has 0 atom stereocenters. The normalized spacial score (nSPS) is 15.0. The topological polar surface area (TPSA) is 87.9 Å². The number of fused-ring (bicyclic) bond motifs is 5. The minimum absolute atomic E-state index is 0.261. The summed E-state index contributed by atoms with van der Waals surface area (Å²) in [6.45, 7) is 3.53. The molecule has 11 heteroatoms. The molecule has 4 aromatic rings. The van der Waals surface area contributed by atoms with E-state index >= 15 is 0 Å². The zero-order valence-corrected chi connectivity index (χ0v) is 17.5. The molecule has 1 saturated heterocycles. The Morgan fingerprint density at radius 1 is 0.970 bits per heavy atom. The molecule has 6 rings (SSSR count). The van der Waals surface area contributed by atoms with Crippen LogP contribution in [0.4, 0.5) is 26.2 Å². The highest BCUT2D eigenvalue weighted by Gasteiger charge is 2.30. The molecule has 0 bridgehead atoms. The van der Waals surface area contributed by atoms with Gasteiger partial charge in [-0.1, -0.05) is 18.2 Å². The Morgan fingerprint density at radius 3 is 2.61 bits per heavy atom. The van der Waals surface area contributed by atoms with E-state index in [0.717, 1.165) is 43.6 Å². The van der Waals surface area contributed by atoms with Crippen molar-refractivity contribution in [1.82, 2.24) is 35.5 Å². The molecular formula is C22H19F2N9. The number of benzene rings is 2. The summed E-state index contributed by atoms with van der Waals surface area (Å²) in [7, 11) is 0. The molecule has 2 aromatic heterocycles. The number of hydrogen-bond donors (Lipinski definition) is 1. The van der Waals surface area contributed by atoms with Crippen molar-refractivity contribution in [2.45, 2.75) is 6.54 Å². The second-order valence-corrected chi connectivity index (χ2v) is 7.88. The lowest BCUT2D eigenvalue weighted by Crippen LogP contribution is -2.44. The van der Waals surface area contributed by atoms with E-state index in [1.165, 1.54) is 6.07 Å². The number of nitrogens with zero attached hydrogens (tertiary/aromatic N) is 8. The number of anilines is 3. The summed E-state index contributed by atoms with van der Waals surface area (Å²) < 4.78 is 29.2. The minimum Gasteiger partial charge on any atom is -0.338 e. The summed E-state index contributed by atoms with van der Waals surface area (Å²) >= 11 is 0. The maximum atomic E-state index is 14.0. The first kappa shape index (κ1) is 19.7. The van der Waals surface area contributed by atoms with Gasteiger partial charge in [0.1, 0.15) is 5.82 Å². The fourth-order valence-electron chi connectivity index (χ4n) is 4.23. The van der Waals surface area contributed by atoms with Gasteiger partial charge in [0.2, 0.25) is 5.95 Å². The Bertz CT molecular complexity index is 1330. The zero-order chi connectivity index (χ0) is 22.4. The first-order valence-electron chi connectivity index (χ1n) is 10.6. The van der Waals surface area contributed by atoms with Crippen LogP contribution in [0.5, 0.6) is 0 Å². The minimum atomic E-state index is -0.890. The standard InChI is InChI=1S/C22H19F2N9/c23-16-6-5-14(11-17(16)24)13-32-18-3-1-2-4-19(18)33-21(28-29-30-33)15-12-26-22(27-20(15)32)31-9-7-25-8-10-31/h1-6,11-12,25H,7-10,13H2. The molecule has 0 radical (unpaired) electrons. The van der Waals surface area contributed by atoms with Gasteiger partial charge in [0.25, 0.3) is 0 Å². The number of para-hydroxylation sites is 2. The van der Waals surface area contributed by atoms with Crippen LogP contribution in [0.2, 0.25) is 0 Å². The number of tetrazole rings is 1. The third-order valence-corrected chi connectivity index (χ3v) is 5.85. The van der Waals surface area contributed by atoms with Crippen LogP contribution in [-0.2, 0) is 6.54 Å². The third kappa shape index (κ3) is 3.37. The Kier molecular flexibility index (Phi) is 4.68. The fourth-order valence-corrected chi connectivity index (χ4v) is 4.23. The molecule has 2 aromatic carbocycles. The van der Waals surface area contributed by atoms with E-state index in [9.17, 15) is 8.78 Å². The van der Waals surface area contributed by atoms with Gasteiger partial charge in [-0.2, -0.15) is 9.67 Å². The van der Waals surface area contributed by atoms with Crippen LogP contribution in [0.3, 0.4) is 0 Å². The maximum absolute atomic E-state index is 14.0. The van der Waals surface area contributed by atoms with Crippen LogP contribution in [0.25, 0.3) is 17.1 Å². The van der Waals surface area contributed by atoms with Crippen molar-refractivity contribution in [3.05, 3.63) is 65.9 Å². The van der Waals surface area contributed by atoms with E-state index in [2.05, 4.69) is 30.7 Å². The Balaban J connectivity index is 1.54. The van der Waals surface area contributed by atoms with Crippen LogP contribution >= 0.6 is 0 Å². The number of halogens is 2. The number of hydrogen-bond acceptors (Lipinski definition) is 8. The molecule has 33 heavy (non-hydrogen) atoms. The summed E-state index contributed by atoms with van der Waals surface area (Å²) in [4.78, 5) is 13.6. The average molecular weight is 447 g/mol. The molecule has 1 N–H and O–H groups in total. The summed E-state index contributed by atoms with van der Waals surface area (Å²) in [6.07, 6.45) is 1.73. The van der Waals surface area contributed by atoms with E-state index in [-0.39, 0.29) is 6.54 Å². The Morgan fingerprint density at radius 2 is 1.79 bits per heavy atom. The van der Waals surface area contributed by atoms with Crippen molar-refractivity contribution in [3.63, 3.8) is 0 Å². The lowest BCUT2D eigenvalue weighted by Gasteiger charge is -2.30. The van der Waals surface area contributed by atoms with Gasteiger partial charge in [0.05, 0.1) is 16.9 Å². The Labute approximate surface area is 187 Å². The fraction of sp³-hybridized carbons (Fsp3) is 0.227. The maximum Gasteiger partial charge on any atom is 0.227 e. The number of rotatable bonds is 3. The van der Waals surface area contributed by atoms with Crippen LogP contribution in [0.1, 0.15) is 5.56 Å². The lowest BCUT2D eigenvalue weighted by molar-refractivity contribution is 0.507. The predicted octanol–water partition coefficient (Wildman–Crippen LogP) is 2.46. The SMILES string of the molecule is Fc1ccc(CN2c3ccccc3-n3nnnc3-c3cnc(N4CCNCC4)nc32)cc1F. The summed E-state index contributed by atoms with van der Waals surface area (Å²) in [6, 6.07) is 11.6.